The average molecular weight is 133 g/mol. The van der Waals surface area contributed by atoms with E-state index in [9.17, 15) is 0 Å². The minimum atomic E-state index is 0.573. The lowest BCUT2D eigenvalue weighted by molar-refractivity contribution is 0.704. The maximum atomic E-state index is 3.29. The monoisotopic (exact) mass is 133 g/mol. The van der Waals surface area contributed by atoms with E-state index in [1.807, 2.05) is 6.20 Å². The van der Waals surface area contributed by atoms with E-state index in [4.69, 9.17) is 0 Å². The van der Waals surface area contributed by atoms with Gasteiger partial charge in [0.2, 0.25) is 0 Å². The van der Waals surface area contributed by atoms with Crippen LogP contribution < -0.4 is 5.32 Å². The van der Waals surface area contributed by atoms with Gasteiger partial charge in [-0.25, -0.2) is 0 Å². The lowest BCUT2D eigenvalue weighted by atomic mass is 9.97. The first kappa shape index (κ1) is 5.78. The van der Waals surface area contributed by atoms with Crippen LogP contribution in [-0.4, -0.2) is 6.04 Å². The summed E-state index contributed by atoms with van der Waals surface area (Å²) in [7, 11) is 0. The van der Waals surface area contributed by atoms with Crippen LogP contribution in [0.1, 0.15) is 13.3 Å². The van der Waals surface area contributed by atoms with Crippen molar-refractivity contribution in [1.29, 1.82) is 0 Å². The molecule has 0 radical (unpaired) electrons. The van der Waals surface area contributed by atoms with Crippen LogP contribution in [0.4, 0.5) is 0 Å². The van der Waals surface area contributed by atoms with Crippen molar-refractivity contribution in [3.63, 3.8) is 0 Å². The van der Waals surface area contributed by atoms with Gasteiger partial charge in [0.25, 0.3) is 0 Å². The zero-order chi connectivity index (χ0) is 6.97. The van der Waals surface area contributed by atoms with E-state index in [2.05, 4.69) is 30.5 Å². The molecule has 10 heavy (non-hydrogen) atoms. The Kier molecular flexibility index (Phi) is 1.16. The summed E-state index contributed by atoms with van der Waals surface area (Å²) >= 11 is 0. The molecule has 1 N–H and O–H groups in total. The predicted molar refractivity (Wildman–Crippen MR) is 42.5 cm³/mol. The van der Waals surface area contributed by atoms with E-state index >= 15 is 0 Å². The molecule has 1 atom stereocenters. The topological polar surface area (TPSA) is 12.0 Å². The Morgan fingerprint density at radius 1 is 1.60 bits per heavy atom. The van der Waals surface area contributed by atoms with Gasteiger partial charge in [-0.3, -0.25) is 0 Å². The fourth-order valence-electron chi connectivity index (χ4n) is 1.45. The molecule has 1 aliphatic carbocycles. The van der Waals surface area contributed by atoms with E-state index in [0.717, 1.165) is 6.42 Å². The molecule has 0 fully saturated rings. The van der Waals surface area contributed by atoms with Crippen LogP contribution in [0, 0.1) is 0 Å². The molecule has 0 saturated heterocycles. The van der Waals surface area contributed by atoms with Crippen molar-refractivity contribution in [2.24, 2.45) is 0 Å². The molecule has 0 saturated carbocycles. The molecular weight excluding hydrogens is 122 g/mol. The van der Waals surface area contributed by atoms with Crippen molar-refractivity contribution in [3.8, 4) is 0 Å². The van der Waals surface area contributed by atoms with Gasteiger partial charge in [0, 0.05) is 0 Å². The summed E-state index contributed by atoms with van der Waals surface area (Å²) in [6, 6.07) is 0.573. The first-order chi connectivity index (χ1) is 4.86. The molecule has 1 unspecified atom stereocenters. The van der Waals surface area contributed by atoms with Crippen molar-refractivity contribution >= 4 is 0 Å². The van der Waals surface area contributed by atoms with Gasteiger partial charge in [0.15, 0.2) is 0 Å². The highest BCUT2D eigenvalue weighted by molar-refractivity contribution is 5.40. The fraction of sp³-hybridized carbons (Fsp3) is 0.333. The lowest BCUT2D eigenvalue weighted by Gasteiger charge is -2.15. The van der Waals surface area contributed by atoms with Crippen LogP contribution in [0.2, 0.25) is 0 Å². The van der Waals surface area contributed by atoms with E-state index < -0.39 is 0 Å². The molecule has 0 spiro atoms. The smallest absolute Gasteiger partial charge is 0.0543 e. The second-order valence-electron chi connectivity index (χ2n) is 2.88. The van der Waals surface area contributed by atoms with Gasteiger partial charge in [-0.1, -0.05) is 17.7 Å². The van der Waals surface area contributed by atoms with Gasteiger partial charge in [0.1, 0.15) is 0 Å². The predicted octanol–water partition coefficient (Wildman–Crippen LogP) is 1.75. The SMILES string of the molecule is CC1=CCC2NC=CC2=C1. The quantitative estimate of drug-likeness (QED) is 0.531. The summed E-state index contributed by atoms with van der Waals surface area (Å²) in [6.45, 7) is 2.15. The number of hydrogen-bond acceptors (Lipinski definition) is 1. The highest BCUT2D eigenvalue weighted by Gasteiger charge is 2.16. The van der Waals surface area contributed by atoms with Crippen LogP contribution >= 0.6 is 0 Å². The van der Waals surface area contributed by atoms with E-state index in [-0.39, 0.29) is 0 Å². The minimum absolute atomic E-state index is 0.573. The standard InChI is InChI=1S/C9H11N/c1-7-2-3-9-8(6-7)4-5-10-9/h2,4-6,9-10H,3H2,1H3. The zero-order valence-corrected chi connectivity index (χ0v) is 6.09. The summed E-state index contributed by atoms with van der Waals surface area (Å²) in [4.78, 5) is 0. The normalized spacial score (nSPS) is 28.7. The molecular formula is C9H11N. The van der Waals surface area contributed by atoms with Gasteiger partial charge in [-0.15, -0.1) is 0 Å². The van der Waals surface area contributed by atoms with Crippen LogP contribution in [0.15, 0.2) is 35.6 Å². The van der Waals surface area contributed by atoms with Gasteiger partial charge in [-0.05, 0) is 31.2 Å². The summed E-state index contributed by atoms with van der Waals surface area (Å²) in [5, 5.41) is 3.29. The number of nitrogens with one attached hydrogen (secondary N) is 1. The summed E-state index contributed by atoms with van der Waals surface area (Å²) in [6.07, 6.45) is 9.84. The van der Waals surface area contributed by atoms with Crippen molar-refractivity contribution in [2.75, 3.05) is 0 Å². The molecule has 1 aliphatic heterocycles. The van der Waals surface area contributed by atoms with Crippen LogP contribution in [-0.2, 0) is 0 Å². The Bertz CT molecular complexity index is 233. The zero-order valence-electron chi connectivity index (χ0n) is 6.09. The number of rotatable bonds is 0. The van der Waals surface area contributed by atoms with Gasteiger partial charge in [-0.2, -0.15) is 0 Å². The summed E-state index contributed by atoms with van der Waals surface area (Å²) in [5.41, 5.74) is 2.82. The first-order valence-corrected chi connectivity index (χ1v) is 3.67. The molecule has 52 valence electrons. The Balaban J connectivity index is 2.31. The maximum absolute atomic E-state index is 3.29. The van der Waals surface area contributed by atoms with E-state index in [1.54, 1.807) is 0 Å². The third-order valence-corrected chi connectivity index (χ3v) is 2.05. The minimum Gasteiger partial charge on any atom is -0.384 e. The molecule has 1 heteroatoms. The second-order valence-corrected chi connectivity index (χ2v) is 2.88. The third kappa shape index (κ3) is 0.783. The van der Waals surface area contributed by atoms with Gasteiger partial charge < -0.3 is 5.32 Å². The highest BCUT2D eigenvalue weighted by Crippen LogP contribution is 2.21. The Labute approximate surface area is 61.1 Å². The Morgan fingerprint density at radius 2 is 2.50 bits per heavy atom. The van der Waals surface area contributed by atoms with Gasteiger partial charge >= 0.3 is 0 Å². The summed E-state index contributed by atoms with van der Waals surface area (Å²) < 4.78 is 0. The highest BCUT2D eigenvalue weighted by atomic mass is 14.9. The molecule has 0 bridgehead atoms. The third-order valence-electron chi connectivity index (χ3n) is 2.05. The van der Waals surface area contributed by atoms with Crippen molar-refractivity contribution in [1.82, 2.24) is 5.32 Å². The molecule has 0 aromatic heterocycles. The molecule has 0 aromatic rings. The van der Waals surface area contributed by atoms with Crippen LogP contribution in [0.25, 0.3) is 0 Å². The molecule has 1 nitrogen and oxygen atoms in total. The first-order valence-electron chi connectivity index (χ1n) is 3.67. The van der Waals surface area contributed by atoms with E-state index in [0.29, 0.717) is 6.04 Å². The molecule has 2 aliphatic rings. The largest absolute Gasteiger partial charge is 0.384 e. The van der Waals surface area contributed by atoms with Crippen molar-refractivity contribution in [3.05, 3.63) is 35.6 Å². The Morgan fingerprint density at radius 3 is 3.40 bits per heavy atom. The molecule has 1 heterocycles. The fourth-order valence-corrected chi connectivity index (χ4v) is 1.45. The summed E-state index contributed by atoms with van der Waals surface area (Å²) in [5.74, 6) is 0. The molecule has 0 aromatic carbocycles. The van der Waals surface area contributed by atoms with Gasteiger partial charge in [0.05, 0.1) is 6.04 Å². The second kappa shape index (κ2) is 2.01. The maximum Gasteiger partial charge on any atom is 0.0543 e. The molecule has 0 amide bonds. The number of allylic oxidation sites excluding steroid dienone is 2. The average Bonchev–Trinajstić information content (AvgIpc) is 2.33. The van der Waals surface area contributed by atoms with Crippen LogP contribution in [0.5, 0.6) is 0 Å². The Hall–Kier alpha value is -0.980. The van der Waals surface area contributed by atoms with Crippen molar-refractivity contribution < 1.29 is 0 Å². The van der Waals surface area contributed by atoms with Crippen molar-refractivity contribution in [2.45, 2.75) is 19.4 Å². The lowest BCUT2D eigenvalue weighted by Crippen LogP contribution is -2.21. The van der Waals surface area contributed by atoms with Crippen LogP contribution in [0.3, 0.4) is 0 Å². The molecule has 2 rings (SSSR count). The number of fused-ring (bicyclic) bond motifs is 1. The number of hydrogen-bond donors (Lipinski definition) is 1. The van der Waals surface area contributed by atoms with E-state index in [1.165, 1.54) is 11.1 Å².